The maximum atomic E-state index is 9.91. The van der Waals surface area contributed by atoms with E-state index >= 15 is 0 Å². The maximum Gasteiger partial charge on any atom is 2.00 e. The van der Waals surface area contributed by atoms with Gasteiger partial charge in [-0.05, 0) is 50.9 Å². The first-order chi connectivity index (χ1) is 8.77. The Balaban J connectivity index is 0. The summed E-state index contributed by atoms with van der Waals surface area (Å²) in [5.41, 5.74) is 6.49. The summed E-state index contributed by atoms with van der Waals surface area (Å²) in [4.78, 5) is 23.9. The SMILES string of the molecule is CC(N)c1ccccn1.O=C([O-])/C(Br)=C(/Br)C(=O)[O-].[Pt+2]. The Kier molecular flexibility index (Phi) is 12.1. The van der Waals surface area contributed by atoms with Crippen LogP contribution in [0.15, 0.2) is 33.4 Å². The van der Waals surface area contributed by atoms with Crippen LogP contribution in [0.3, 0.4) is 0 Å². The number of hydrogen-bond donors (Lipinski definition) is 1. The molecule has 0 fully saturated rings. The van der Waals surface area contributed by atoms with E-state index in [9.17, 15) is 19.8 Å². The van der Waals surface area contributed by atoms with Crippen LogP contribution in [0.2, 0.25) is 0 Å². The van der Waals surface area contributed by atoms with Crippen molar-refractivity contribution in [2.75, 3.05) is 0 Å². The summed E-state index contributed by atoms with van der Waals surface area (Å²) >= 11 is 4.92. The number of carboxylic acid groups (broad SMARTS) is 2. The molecule has 0 aliphatic rings. The van der Waals surface area contributed by atoms with Gasteiger partial charge < -0.3 is 25.5 Å². The van der Waals surface area contributed by atoms with Gasteiger partial charge >= 0.3 is 21.1 Å². The average molecular weight is 589 g/mol. The Morgan fingerprint density at radius 2 is 1.65 bits per heavy atom. The van der Waals surface area contributed by atoms with Crippen molar-refractivity contribution < 1.29 is 40.9 Å². The minimum Gasteiger partial charge on any atom is -0.544 e. The number of hydrogen-bond acceptors (Lipinski definition) is 6. The molecule has 1 heterocycles. The third-order valence-electron chi connectivity index (χ3n) is 1.71. The molecule has 1 unspecified atom stereocenters. The van der Waals surface area contributed by atoms with Crippen molar-refractivity contribution in [2.24, 2.45) is 5.73 Å². The molecule has 9 heteroatoms. The van der Waals surface area contributed by atoms with Gasteiger partial charge in [-0.1, -0.05) is 6.07 Å². The third kappa shape index (κ3) is 8.58. The fraction of sp³-hybridized carbons (Fsp3) is 0.182. The molecule has 0 saturated heterocycles. The summed E-state index contributed by atoms with van der Waals surface area (Å²) in [5.74, 6) is -3.23. The number of rotatable bonds is 3. The quantitative estimate of drug-likeness (QED) is 0.480. The van der Waals surface area contributed by atoms with Gasteiger partial charge in [-0.25, -0.2) is 0 Å². The number of carboxylic acids is 2. The molecule has 0 bridgehead atoms. The molecular formula is C11H10Br2N2O4Pt. The molecule has 0 amide bonds. The zero-order valence-corrected chi connectivity index (χ0v) is 15.6. The van der Waals surface area contributed by atoms with Crippen LogP contribution in [0, 0.1) is 0 Å². The Morgan fingerprint density at radius 3 is 1.85 bits per heavy atom. The number of aromatic nitrogens is 1. The second-order valence-corrected chi connectivity index (χ2v) is 4.83. The second-order valence-electron chi connectivity index (χ2n) is 3.25. The number of carbonyl (C=O) groups excluding carboxylic acids is 2. The van der Waals surface area contributed by atoms with Crippen LogP contribution in [0.5, 0.6) is 0 Å². The van der Waals surface area contributed by atoms with Crippen molar-refractivity contribution in [3.8, 4) is 0 Å². The molecule has 0 aromatic carbocycles. The van der Waals surface area contributed by atoms with Crippen molar-refractivity contribution in [1.82, 2.24) is 4.98 Å². The predicted molar refractivity (Wildman–Crippen MR) is 71.7 cm³/mol. The van der Waals surface area contributed by atoms with Crippen LogP contribution in [0.25, 0.3) is 0 Å². The molecule has 6 nitrogen and oxygen atoms in total. The second kappa shape index (κ2) is 11.1. The van der Waals surface area contributed by atoms with Gasteiger partial charge in [-0.2, -0.15) is 0 Å². The van der Waals surface area contributed by atoms with Gasteiger partial charge in [-0.3, -0.25) is 4.98 Å². The van der Waals surface area contributed by atoms with Crippen LogP contribution in [0.1, 0.15) is 18.7 Å². The topological polar surface area (TPSA) is 119 Å². The number of nitrogens with zero attached hydrogens (tertiary/aromatic N) is 1. The van der Waals surface area contributed by atoms with Gasteiger partial charge in [0.05, 0.1) is 26.6 Å². The minimum atomic E-state index is -1.61. The Bertz CT molecular complexity index is 459. The van der Waals surface area contributed by atoms with Crippen molar-refractivity contribution in [3.05, 3.63) is 39.1 Å². The fourth-order valence-corrected chi connectivity index (χ4v) is 1.15. The molecule has 112 valence electrons. The van der Waals surface area contributed by atoms with E-state index in [1.54, 1.807) is 6.20 Å². The maximum absolute atomic E-state index is 9.91. The minimum absolute atomic E-state index is 0. The van der Waals surface area contributed by atoms with Gasteiger partial charge in [0, 0.05) is 12.2 Å². The summed E-state index contributed by atoms with van der Waals surface area (Å²) in [6.45, 7) is 1.92. The average Bonchev–Trinajstić information content (AvgIpc) is 2.38. The van der Waals surface area contributed by atoms with Crippen molar-refractivity contribution in [1.29, 1.82) is 0 Å². The van der Waals surface area contributed by atoms with Crippen molar-refractivity contribution in [3.63, 3.8) is 0 Å². The van der Waals surface area contributed by atoms with Gasteiger partial charge in [0.2, 0.25) is 0 Å². The Hall–Kier alpha value is -0.562. The molecule has 1 aromatic rings. The zero-order chi connectivity index (χ0) is 15.0. The molecule has 0 spiro atoms. The first kappa shape index (κ1) is 21.7. The van der Waals surface area contributed by atoms with Crippen LogP contribution >= 0.6 is 31.9 Å². The van der Waals surface area contributed by atoms with Crippen molar-refractivity contribution in [2.45, 2.75) is 13.0 Å². The van der Waals surface area contributed by atoms with Crippen LogP contribution in [0.4, 0.5) is 0 Å². The third-order valence-corrected chi connectivity index (χ3v) is 3.68. The molecule has 0 aliphatic heterocycles. The van der Waals surface area contributed by atoms with Gasteiger partial charge in [0.1, 0.15) is 0 Å². The summed E-state index contributed by atoms with van der Waals surface area (Å²) in [6, 6.07) is 5.79. The molecule has 0 aliphatic carbocycles. The monoisotopic (exact) mass is 587 g/mol. The Morgan fingerprint density at radius 1 is 1.20 bits per heavy atom. The normalized spacial score (nSPS) is 12.0. The van der Waals surface area contributed by atoms with Gasteiger partial charge in [-0.15, -0.1) is 0 Å². The molecule has 1 rings (SSSR count). The van der Waals surface area contributed by atoms with Gasteiger partial charge in [0.25, 0.3) is 0 Å². The van der Waals surface area contributed by atoms with E-state index in [4.69, 9.17) is 5.73 Å². The predicted octanol–water partition coefficient (Wildman–Crippen LogP) is -0.414. The first-order valence-corrected chi connectivity index (χ1v) is 6.50. The molecule has 2 N–H and O–H groups in total. The van der Waals surface area contributed by atoms with Crippen LogP contribution < -0.4 is 15.9 Å². The smallest absolute Gasteiger partial charge is 0.544 e. The van der Waals surface area contributed by atoms with E-state index in [0.717, 1.165) is 5.69 Å². The van der Waals surface area contributed by atoms with Gasteiger partial charge in [0.15, 0.2) is 0 Å². The first-order valence-electron chi connectivity index (χ1n) is 4.91. The van der Waals surface area contributed by atoms with Crippen LogP contribution in [-0.2, 0) is 30.7 Å². The molecule has 0 radical (unpaired) electrons. The van der Waals surface area contributed by atoms with E-state index in [1.807, 2.05) is 25.1 Å². The summed E-state index contributed by atoms with van der Waals surface area (Å²) < 4.78 is -1.15. The molecular weight excluding hydrogens is 579 g/mol. The van der Waals surface area contributed by atoms with E-state index in [1.165, 1.54) is 0 Å². The van der Waals surface area contributed by atoms with E-state index in [2.05, 4.69) is 36.8 Å². The van der Waals surface area contributed by atoms with Crippen molar-refractivity contribution >= 4 is 43.8 Å². The van der Waals surface area contributed by atoms with E-state index < -0.39 is 20.9 Å². The number of nitrogens with two attached hydrogens (primary N) is 1. The van der Waals surface area contributed by atoms with Crippen LogP contribution in [-0.4, -0.2) is 16.9 Å². The standard InChI is InChI=1S/C7H10N2.C4H2Br2O4.Pt/c1-6(8)7-4-2-3-5-9-7;5-1(3(7)8)2(6)4(9)10;/h2-6H,8H2,1H3;(H,7,8)(H,9,10);/q;;+2/p-2/b;2-1-;. The van der Waals surface area contributed by atoms with E-state index in [0.29, 0.717) is 0 Å². The summed E-state index contributed by atoms with van der Waals surface area (Å²) in [6.07, 6.45) is 1.75. The summed E-state index contributed by atoms with van der Waals surface area (Å²) in [7, 11) is 0. The number of aliphatic carboxylic acids is 2. The van der Waals surface area contributed by atoms with E-state index in [-0.39, 0.29) is 27.1 Å². The number of halogens is 2. The zero-order valence-electron chi connectivity index (χ0n) is 10.1. The molecule has 1 atom stereocenters. The number of carbonyl (C=O) groups is 2. The molecule has 0 saturated carbocycles. The largest absolute Gasteiger partial charge is 2.00 e. The fourth-order valence-electron chi connectivity index (χ4n) is 0.825. The molecule has 20 heavy (non-hydrogen) atoms. The Labute approximate surface area is 147 Å². The molecule has 1 aromatic heterocycles. The summed E-state index contributed by atoms with van der Waals surface area (Å²) in [5, 5.41) is 19.8. The number of pyridine rings is 1.